The fourth-order valence-electron chi connectivity index (χ4n) is 4.30. The molecule has 0 bridgehead atoms. The fourth-order valence-corrected chi connectivity index (χ4v) is 4.66. The van der Waals surface area contributed by atoms with E-state index < -0.39 is 22.1 Å². The van der Waals surface area contributed by atoms with Crippen LogP contribution in [0.2, 0.25) is 0 Å². The van der Waals surface area contributed by atoms with Gasteiger partial charge in [-0.05, 0) is 36.8 Å². The van der Waals surface area contributed by atoms with Crippen molar-refractivity contribution < 1.29 is 17.7 Å². The summed E-state index contributed by atoms with van der Waals surface area (Å²) in [5, 5.41) is 21.5. The number of aromatic amines is 1. The quantitative estimate of drug-likeness (QED) is 0.424. The van der Waals surface area contributed by atoms with Crippen molar-refractivity contribution in [2.75, 3.05) is 17.2 Å². The van der Waals surface area contributed by atoms with E-state index in [2.05, 4.69) is 36.9 Å². The zero-order chi connectivity index (χ0) is 21.3. The summed E-state index contributed by atoms with van der Waals surface area (Å²) >= 11 is 0. The van der Waals surface area contributed by atoms with E-state index in [4.69, 9.17) is 5.14 Å². The van der Waals surface area contributed by atoms with Crippen molar-refractivity contribution in [1.82, 2.24) is 9.97 Å². The zero-order valence-corrected chi connectivity index (χ0v) is 17.1. The average Bonchev–Trinajstić information content (AvgIpc) is 3.22. The van der Waals surface area contributed by atoms with E-state index in [0.717, 1.165) is 12.8 Å². The molecule has 30 heavy (non-hydrogen) atoms. The van der Waals surface area contributed by atoms with E-state index in [1.807, 2.05) is 12.1 Å². The van der Waals surface area contributed by atoms with Crippen LogP contribution >= 0.6 is 0 Å². The first kappa shape index (κ1) is 20.8. The molecular weight excluding hydrogens is 410 g/mol. The number of aliphatic hydroxyl groups excluding tert-OH is 1. The number of fused-ring (bicyclic) bond motifs is 1. The van der Waals surface area contributed by atoms with Crippen LogP contribution in [0.3, 0.4) is 0 Å². The van der Waals surface area contributed by atoms with Gasteiger partial charge in [-0.2, -0.15) is 13.4 Å². The highest BCUT2D eigenvalue weighted by atomic mass is 32.2. The molecule has 0 unspecified atom stereocenters. The largest absolute Gasteiger partial charge is 0.393 e. The molecule has 10 nitrogen and oxygen atoms in total. The molecule has 0 amide bonds. The van der Waals surface area contributed by atoms with Gasteiger partial charge in [0, 0.05) is 18.0 Å². The van der Waals surface area contributed by atoms with E-state index in [1.165, 1.54) is 11.1 Å². The van der Waals surface area contributed by atoms with Crippen LogP contribution in [-0.2, 0) is 20.9 Å². The number of benzene rings is 1. The Hall–Kier alpha value is -2.47. The first-order chi connectivity index (χ1) is 14.3. The van der Waals surface area contributed by atoms with Gasteiger partial charge < -0.3 is 15.7 Å². The van der Waals surface area contributed by atoms with Crippen molar-refractivity contribution in [1.29, 1.82) is 0 Å². The van der Waals surface area contributed by atoms with Crippen molar-refractivity contribution in [3.63, 3.8) is 0 Å². The lowest BCUT2D eigenvalue weighted by molar-refractivity contribution is 0.101. The van der Waals surface area contributed by atoms with Crippen LogP contribution in [0.4, 0.5) is 11.6 Å². The Balaban J connectivity index is 1.41. The predicted octanol–water partition coefficient (Wildman–Crippen LogP) is 0.641. The minimum Gasteiger partial charge on any atom is -0.393 e. The molecule has 0 spiro atoms. The Kier molecular flexibility index (Phi) is 5.78. The van der Waals surface area contributed by atoms with E-state index in [0.29, 0.717) is 24.5 Å². The molecule has 4 rings (SSSR count). The average molecular weight is 436 g/mol. The first-order valence-corrected chi connectivity index (χ1v) is 11.3. The molecule has 0 aliphatic heterocycles. The standard InChI is InChI=1S/C19H25N5O5S/c20-30(27,28)29-10-12-7-13(8-16(12)25)21-17-9-18(24-19(26)23-17)22-15-6-5-11-3-1-2-4-14(11)15/h1-4,9,12-13,15-16,25H,5-8,10H2,(H2,20,27,28)(H3,21,22,23,24,26)/t12-,13+,15-,16-/m0/s1. The number of hydrogen-bond donors (Lipinski definition) is 5. The van der Waals surface area contributed by atoms with Crippen molar-refractivity contribution >= 4 is 21.9 Å². The third-order valence-electron chi connectivity index (χ3n) is 5.66. The van der Waals surface area contributed by atoms with Crippen LogP contribution in [0.5, 0.6) is 0 Å². The van der Waals surface area contributed by atoms with Gasteiger partial charge in [-0.25, -0.2) is 9.93 Å². The lowest BCUT2D eigenvalue weighted by Gasteiger charge is -2.17. The molecule has 2 aliphatic carbocycles. The van der Waals surface area contributed by atoms with Crippen LogP contribution in [0, 0.1) is 5.92 Å². The second-order valence-electron chi connectivity index (χ2n) is 7.84. The Labute approximate surface area is 174 Å². The first-order valence-electron chi connectivity index (χ1n) is 9.84. The Bertz CT molecular complexity index is 1070. The van der Waals surface area contributed by atoms with Gasteiger partial charge >= 0.3 is 16.0 Å². The molecule has 1 aromatic carbocycles. The maximum absolute atomic E-state index is 12.0. The number of nitrogens with zero attached hydrogens (tertiary/aromatic N) is 1. The molecule has 162 valence electrons. The number of aryl methyl sites for hydroxylation is 1. The monoisotopic (exact) mass is 435 g/mol. The van der Waals surface area contributed by atoms with Crippen molar-refractivity contribution in [2.45, 2.75) is 43.9 Å². The van der Waals surface area contributed by atoms with Crippen molar-refractivity contribution in [3.8, 4) is 0 Å². The number of aliphatic hydroxyl groups is 1. The Morgan fingerprint density at radius 3 is 2.87 bits per heavy atom. The lowest BCUT2D eigenvalue weighted by atomic mass is 10.1. The lowest BCUT2D eigenvalue weighted by Crippen LogP contribution is -2.24. The van der Waals surface area contributed by atoms with Crippen molar-refractivity contribution in [2.24, 2.45) is 11.1 Å². The van der Waals surface area contributed by atoms with Crippen LogP contribution in [0.25, 0.3) is 0 Å². The molecule has 2 aromatic rings. The Morgan fingerprint density at radius 1 is 1.27 bits per heavy atom. The van der Waals surface area contributed by atoms with E-state index in [9.17, 15) is 18.3 Å². The number of aromatic nitrogens is 2. The number of H-pyrrole nitrogens is 1. The number of rotatable bonds is 7. The van der Waals surface area contributed by atoms with Gasteiger partial charge in [0.25, 0.3) is 0 Å². The number of hydrogen-bond acceptors (Lipinski definition) is 8. The third-order valence-corrected chi connectivity index (χ3v) is 6.13. The van der Waals surface area contributed by atoms with Gasteiger partial charge in [-0.1, -0.05) is 24.3 Å². The van der Waals surface area contributed by atoms with Crippen LogP contribution < -0.4 is 21.5 Å². The molecule has 11 heteroatoms. The molecule has 1 fully saturated rings. The summed E-state index contributed by atoms with van der Waals surface area (Å²) in [5.74, 6) is 0.576. The molecule has 1 heterocycles. The topological polar surface area (TPSA) is 159 Å². The number of nitrogens with one attached hydrogen (secondary N) is 3. The van der Waals surface area contributed by atoms with Gasteiger partial charge in [-0.3, -0.25) is 9.17 Å². The van der Waals surface area contributed by atoms with Gasteiger partial charge in [0.15, 0.2) is 0 Å². The summed E-state index contributed by atoms with van der Waals surface area (Å²) in [6.45, 7) is -0.182. The van der Waals surface area contributed by atoms with Crippen molar-refractivity contribution in [3.05, 3.63) is 51.9 Å². The smallest absolute Gasteiger partial charge is 0.348 e. The summed E-state index contributed by atoms with van der Waals surface area (Å²) in [5.41, 5.74) is 2.03. The molecule has 0 saturated heterocycles. The van der Waals surface area contributed by atoms with Crippen LogP contribution in [0.1, 0.15) is 36.4 Å². The molecule has 0 radical (unpaired) electrons. The van der Waals surface area contributed by atoms with Crippen LogP contribution in [-0.4, -0.2) is 42.2 Å². The molecule has 1 saturated carbocycles. The number of nitrogens with two attached hydrogens (primary N) is 1. The summed E-state index contributed by atoms with van der Waals surface area (Å²) in [6, 6.07) is 9.86. The molecule has 1 aromatic heterocycles. The predicted molar refractivity (Wildman–Crippen MR) is 111 cm³/mol. The summed E-state index contributed by atoms with van der Waals surface area (Å²) in [7, 11) is -4.05. The highest BCUT2D eigenvalue weighted by Gasteiger charge is 2.34. The maximum Gasteiger partial charge on any atom is 0.348 e. The van der Waals surface area contributed by atoms with Gasteiger partial charge in [0.05, 0.1) is 18.8 Å². The molecule has 6 N–H and O–H groups in total. The summed E-state index contributed by atoms with van der Waals surface area (Å²) in [4.78, 5) is 18.7. The van der Waals surface area contributed by atoms with Gasteiger partial charge in [0.1, 0.15) is 11.6 Å². The highest BCUT2D eigenvalue weighted by molar-refractivity contribution is 7.84. The molecule has 2 aliphatic rings. The van der Waals surface area contributed by atoms with Gasteiger partial charge in [-0.15, -0.1) is 0 Å². The summed E-state index contributed by atoms with van der Waals surface area (Å²) < 4.78 is 26.5. The second-order valence-corrected chi connectivity index (χ2v) is 9.06. The fraction of sp³-hybridized carbons (Fsp3) is 0.474. The minimum absolute atomic E-state index is 0.0939. The zero-order valence-electron chi connectivity index (χ0n) is 16.2. The molecular formula is C19H25N5O5S. The summed E-state index contributed by atoms with van der Waals surface area (Å²) in [6.07, 6.45) is 2.04. The number of anilines is 2. The van der Waals surface area contributed by atoms with Crippen LogP contribution in [0.15, 0.2) is 35.1 Å². The van der Waals surface area contributed by atoms with Gasteiger partial charge in [0.2, 0.25) is 0 Å². The Morgan fingerprint density at radius 2 is 2.07 bits per heavy atom. The maximum atomic E-state index is 12.0. The molecule has 4 atom stereocenters. The van der Waals surface area contributed by atoms with E-state index in [1.54, 1.807) is 6.07 Å². The third kappa shape index (κ3) is 4.98. The minimum atomic E-state index is -4.05. The highest BCUT2D eigenvalue weighted by Crippen LogP contribution is 2.33. The SMILES string of the molecule is NS(=O)(=O)OC[C@@H]1C[C@@H](Nc2cc(N[C@H]3CCc4ccccc43)nc(=O)[nH]2)C[C@@H]1O. The van der Waals surface area contributed by atoms with E-state index >= 15 is 0 Å². The normalized spacial score (nSPS) is 25.8. The second kappa shape index (κ2) is 8.34. The van der Waals surface area contributed by atoms with E-state index in [-0.39, 0.29) is 24.6 Å².